The van der Waals surface area contributed by atoms with Gasteiger partial charge in [-0.15, -0.1) is 0 Å². The Morgan fingerprint density at radius 3 is 2.53 bits per heavy atom. The largest absolute Gasteiger partial charge is 0.394 e. The Kier molecular flexibility index (Phi) is 5.01. The van der Waals surface area contributed by atoms with Crippen molar-refractivity contribution in [1.82, 2.24) is 9.55 Å². The molecule has 0 fully saturated rings. The summed E-state index contributed by atoms with van der Waals surface area (Å²) in [6.45, 7) is -2.06. The summed E-state index contributed by atoms with van der Waals surface area (Å²) in [6, 6.07) is 1.04. The average molecular weight is 248 g/mol. The van der Waals surface area contributed by atoms with E-state index in [0.717, 1.165) is 16.8 Å². The highest BCUT2D eigenvalue weighted by atomic mass is 19.1. The van der Waals surface area contributed by atoms with Gasteiger partial charge in [-0.3, -0.25) is 14.3 Å². The number of alkyl halides is 1. The van der Waals surface area contributed by atoms with Gasteiger partial charge in [0.25, 0.3) is 5.56 Å². The first-order valence-corrected chi connectivity index (χ1v) is 4.87. The molecule has 0 saturated heterocycles. The van der Waals surface area contributed by atoms with Gasteiger partial charge in [0.2, 0.25) is 0 Å². The number of ether oxygens (including phenoxy) is 1. The van der Waals surface area contributed by atoms with Gasteiger partial charge < -0.3 is 14.9 Å². The highest BCUT2D eigenvalue weighted by Gasteiger charge is 2.18. The first-order chi connectivity index (χ1) is 8.12. The lowest BCUT2D eigenvalue weighted by Gasteiger charge is -2.21. The third-order valence-corrected chi connectivity index (χ3v) is 2.05. The molecule has 0 aliphatic rings. The van der Waals surface area contributed by atoms with Gasteiger partial charge in [0.05, 0.1) is 13.2 Å². The lowest BCUT2D eigenvalue weighted by molar-refractivity contribution is -0.103. The predicted molar refractivity (Wildman–Crippen MR) is 55.4 cm³/mol. The molecule has 1 aromatic heterocycles. The zero-order valence-corrected chi connectivity index (χ0v) is 8.88. The van der Waals surface area contributed by atoms with E-state index in [1.165, 1.54) is 0 Å². The molecule has 1 heterocycles. The summed E-state index contributed by atoms with van der Waals surface area (Å²) in [4.78, 5) is 24.1. The zero-order chi connectivity index (χ0) is 12.8. The third kappa shape index (κ3) is 3.48. The van der Waals surface area contributed by atoms with Crippen LogP contribution in [0, 0.1) is 0 Å². The maximum absolute atomic E-state index is 12.7. The van der Waals surface area contributed by atoms with Crippen molar-refractivity contribution in [1.29, 1.82) is 0 Å². The van der Waals surface area contributed by atoms with Crippen LogP contribution >= 0.6 is 0 Å². The molecule has 96 valence electrons. The Hall–Kier alpha value is -1.51. The smallest absolute Gasteiger partial charge is 0.330 e. The van der Waals surface area contributed by atoms with Crippen molar-refractivity contribution in [2.75, 3.05) is 19.9 Å². The molecule has 0 bridgehead atoms. The summed E-state index contributed by atoms with van der Waals surface area (Å²) in [5, 5.41) is 17.6. The van der Waals surface area contributed by atoms with E-state index >= 15 is 0 Å². The van der Waals surface area contributed by atoms with Crippen molar-refractivity contribution in [3.05, 3.63) is 33.1 Å². The summed E-state index contributed by atoms with van der Waals surface area (Å²) in [5.74, 6) is 0. The van der Waals surface area contributed by atoms with E-state index < -0.39 is 43.5 Å². The number of H-pyrrole nitrogens is 1. The fraction of sp³-hybridized carbons (Fsp3) is 0.556. The first kappa shape index (κ1) is 13.6. The number of aliphatic hydroxyl groups is 2. The Morgan fingerprint density at radius 1 is 1.41 bits per heavy atom. The fourth-order valence-corrected chi connectivity index (χ4v) is 1.20. The summed E-state index contributed by atoms with van der Waals surface area (Å²) < 4.78 is 18.5. The van der Waals surface area contributed by atoms with Crippen molar-refractivity contribution in [3.63, 3.8) is 0 Å². The van der Waals surface area contributed by atoms with Crippen LogP contribution in [0.1, 0.15) is 6.23 Å². The number of aliphatic hydroxyl groups excluding tert-OH is 2. The second-order valence-corrected chi connectivity index (χ2v) is 3.25. The molecule has 0 unspecified atom stereocenters. The van der Waals surface area contributed by atoms with Gasteiger partial charge in [-0.2, -0.15) is 0 Å². The fourth-order valence-electron chi connectivity index (χ4n) is 1.20. The van der Waals surface area contributed by atoms with Crippen LogP contribution in [0.4, 0.5) is 4.39 Å². The molecule has 0 radical (unpaired) electrons. The molecule has 0 aromatic carbocycles. The number of rotatable bonds is 6. The molecule has 7 nitrogen and oxygen atoms in total. The third-order valence-electron chi connectivity index (χ3n) is 2.05. The minimum absolute atomic E-state index is 0.509. The van der Waals surface area contributed by atoms with E-state index in [4.69, 9.17) is 14.9 Å². The highest BCUT2D eigenvalue weighted by molar-refractivity contribution is 4.84. The molecule has 1 atom stereocenters. The number of nitrogens with one attached hydrogen (secondary N) is 1. The average Bonchev–Trinajstić information content (AvgIpc) is 2.32. The highest BCUT2D eigenvalue weighted by Crippen LogP contribution is 2.09. The number of nitrogens with zero attached hydrogens (tertiary/aromatic N) is 1. The standard InChI is InChI=1S/C9H13FN2O5/c10-3-8(17-6(4-13)5-14)12-2-1-7(15)11-9(12)16/h1-2,6,8,13-14H,3-5H2,(H,11,15,16)/t8-/m1/s1. The van der Waals surface area contributed by atoms with Gasteiger partial charge in [-0.05, 0) is 0 Å². The topological polar surface area (TPSA) is 105 Å². The van der Waals surface area contributed by atoms with Crippen LogP contribution in [0.5, 0.6) is 0 Å². The summed E-state index contributed by atoms with van der Waals surface area (Å²) in [6.07, 6.45) is -1.21. The molecule has 17 heavy (non-hydrogen) atoms. The molecule has 1 aromatic rings. The Bertz CT molecular complexity index is 453. The lowest BCUT2D eigenvalue weighted by atomic mass is 10.4. The predicted octanol–water partition coefficient (Wildman–Crippen LogP) is -1.63. The van der Waals surface area contributed by atoms with Crippen LogP contribution < -0.4 is 11.2 Å². The molecule has 0 saturated carbocycles. The number of hydrogen-bond acceptors (Lipinski definition) is 5. The number of aromatic amines is 1. The van der Waals surface area contributed by atoms with Gasteiger partial charge in [0.15, 0.2) is 6.23 Å². The van der Waals surface area contributed by atoms with Crippen LogP contribution in [0.2, 0.25) is 0 Å². The van der Waals surface area contributed by atoms with Crippen molar-refractivity contribution in [2.45, 2.75) is 12.3 Å². The Labute approximate surface area is 95.1 Å². The van der Waals surface area contributed by atoms with E-state index in [0.29, 0.717) is 0 Å². The molecular weight excluding hydrogens is 235 g/mol. The second kappa shape index (κ2) is 6.28. The van der Waals surface area contributed by atoms with Gasteiger partial charge in [-0.1, -0.05) is 0 Å². The van der Waals surface area contributed by atoms with E-state index in [1.807, 2.05) is 4.98 Å². The minimum atomic E-state index is -1.30. The quantitative estimate of drug-likeness (QED) is 0.561. The molecule has 8 heteroatoms. The maximum Gasteiger partial charge on any atom is 0.330 e. The van der Waals surface area contributed by atoms with Crippen LogP contribution in [0.15, 0.2) is 21.9 Å². The molecule has 0 aliphatic carbocycles. The molecule has 0 amide bonds. The lowest BCUT2D eigenvalue weighted by Crippen LogP contribution is -2.36. The zero-order valence-electron chi connectivity index (χ0n) is 8.88. The van der Waals surface area contributed by atoms with Crippen molar-refractivity contribution in [2.24, 2.45) is 0 Å². The number of aromatic nitrogens is 2. The normalized spacial score (nSPS) is 12.9. The van der Waals surface area contributed by atoms with E-state index in [2.05, 4.69) is 0 Å². The van der Waals surface area contributed by atoms with Gasteiger partial charge in [0, 0.05) is 12.3 Å². The molecule has 0 spiro atoms. The number of hydrogen-bond donors (Lipinski definition) is 3. The van der Waals surface area contributed by atoms with E-state index in [-0.39, 0.29) is 0 Å². The van der Waals surface area contributed by atoms with Gasteiger partial charge in [-0.25, -0.2) is 9.18 Å². The molecular formula is C9H13FN2O5. The van der Waals surface area contributed by atoms with Crippen LogP contribution in [-0.2, 0) is 4.74 Å². The first-order valence-electron chi connectivity index (χ1n) is 4.87. The summed E-state index contributed by atoms with van der Waals surface area (Å²) >= 11 is 0. The molecule has 1 rings (SSSR count). The summed E-state index contributed by atoms with van der Waals surface area (Å²) in [5.41, 5.74) is -1.43. The Balaban J connectivity index is 2.93. The van der Waals surface area contributed by atoms with Crippen molar-refractivity contribution < 1.29 is 19.3 Å². The Morgan fingerprint density at radius 2 is 2.06 bits per heavy atom. The van der Waals surface area contributed by atoms with Crippen LogP contribution in [0.3, 0.4) is 0 Å². The monoisotopic (exact) mass is 248 g/mol. The second-order valence-electron chi connectivity index (χ2n) is 3.25. The minimum Gasteiger partial charge on any atom is -0.394 e. The number of halogens is 1. The van der Waals surface area contributed by atoms with Crippen molar-refractivity contribution in [3.8, 4) is 0 Å². The van der Waals surface area contributed by atoms with Gasteiger partial charge >= 0.3 is 5.69 Å². The van der Waals surface area contributed by atoms with E-state index in [9.17, 15) is 14.0 Å². The van der Waals surface area contributed by atoms with Crippen LogP contribution in [0.25, 0.3) is 0 Å². The SMILES string of the molecule is O=c1ccn([C@@H](CF)OC(CO)CO)c(=O)[nH]1. The van der Waals surface area contributed by atoms with Gasteiger partial charge in [0.1, 0.15) is 12.8 Å². The maximum atomic E-state index is 12.7. The summed E-state index contributed by atoms with van der Waals surface area (Å²) in [7, 11) is 0. The van der Waals surface area contributed by atoms with Crippen LogP contribution in [-0.4, -0.2) is 45.8 Å². The molecule has 3 N–H and O–H groups in total. The van der Waals surface area contributed by atoms with E-state index in [1.54, 1.807) is 0 Å². The molecule has 0 aliphatic heterocycles. The van der Waals surface area contributed by atoms with Crippen molar-refractivity contribution >= 4 is 0 Å².